The smallest absolute Gasteiger partial charge is 0.464 e. The minimum atomic E-state index is -4.58. The summed E-state index contributed by atoms with van der Waals surface area (Å²) in [6.07, 6.45) is 1.23. The normalized spacial score (nSPS) is 10.9. The molecule has 0 spiro atoms. The van der Waals surface area contributed by atoms with E-state index in [4.69, 9.17) is 6.42 Å². The van der Waals surface area contributed by atoms with E-state index >= 15 is 0 Å². The molecule has 0 aromatic carbocycles. The van der Waals surface area contributed by atoms with Crippen LogP contribution < -0.4 is 4.74 Å². The van der Waals surface area contributed by atoms with Gasteiger partial charge in [-0.05, 0) is 0 Å². The van der Waals surface area contributed by atoms with Crippen LogP contribution in [-0.4, -0.2) is 16.4 Å². The molecule has 6 heteroatoms. The number of terminal acetylenes is 1. The molecular weight excluding hydrogens is 185 g/mol. The fourth-order valence-corrected chi connectivity index (χ4v) is 0.707. The summed E-state index contributed by atoms with van der Waals surface area (Å²) >= 11 is 0. The van der Waals surface area contributed by atoms with Crippen molar-refractivity contribution in [1.29, 1.82) is 0 Å². The van der Waals surface area contributed by atoms with Gasteiger partial charge in [-0.3, -0.25) is 0 Å². The van der Waals surface area contributed by atoms with Gasteiger partial charge >= 0.3 is 6.30 Å². The van der Waals surface area contributed by atoms with E-state index in [1.54, 1.807) is 0 Å². The second-order valence-corrected chi connectivity index (χ2v) is 2.04. The molecule has 0 N–H and O–H groups in total. The summed E-state index contributed by atoms with van der Waals surface area (Å²) in [5.74, 6) is 1.64. The van der Waals surface area contributed by atoms with Crippen LogP contribution in [0.5, 0.6) is 5.88 Å². The number of rotatable bonds is 2. The van der Waals surface area contributed by atoms with Crippen LogP contribution in [0.1, 0.15) is 0 Å². The lowest BCUT2D eigenvalue weighted by atomic mass is 10.6. The molecule has 0 unspecified atom stereocenters. The highest BCUT2D eigenvalue weighted by molar-refractivity contribution is 5.09. The number of alkyl halides is 3. The zero-order valence-electron chi connectivity index (χ0n) is 6.38. The van der Waals surface area contributed by atoms with Gasteiger partial charge in [0.1, 0.15) is 0 Å². The minimum Gasteiger partial charge on any atom is -0.464 e. The molecule has 70 valence electrons. The highest BCUT2D eigenvalue weighted by atomic mass is 19.4. The Labute approximate surface area is 72.1 Å². The van der Waals surface area contributed by atoms with E-state index in [-0.39, 0.29) is 11.3 Å². The minimum absolute atomic E-state index is 0.190. The molecule has 1 rings (SSSR count). The van der Waals surface area contributed by atoms with Gasteiger partial charge in [-0.2, -0.15) is 5.10 Å². The number of halogens is 3. The average molecular weight is 190 g/mol. The molecular formula is C7H5F3N2O. The molecule has 1 aromatic heterocycles. The van der Waals surface area contributed by atoms with Gasteiger partial charge < -0.3 is 4.74 Å². The van der Waals surface area contributed by atoms with E-state index < -0.39 is 12.2 Å². The Morgan fingerprint density at radius 2 is 2.31 bits per heavy atom. The zero-order valence-corrected chi connectivity index (χ0v) is 6.38. The molecule has 0 radical (unpaired) electrons. The number of aromatic nitrogens is 2. The van der Waals surface area contributed by atoms with Crippen molar-refractivity contribution in [2.24, 2.45) is 0 Å². The van der Waals surface area contributed by atoms with Gasteiger partial charge in [-0.25, -0.2) is 0 Å². The summed E-state index contributed by atoms with van der Waals surface area (Å²) in [6, 6.07) is 1.09. The van der Waals surface area contributed by atoms with Gasteiger partial charge in [0, 0.05) is 6.07 Å². The van der Waals surface area contributed by atoms with Crippen LogP contribution in [0.15, 0.2) is 12.3 Å². The second-order valence-electron chi connectivity index (χ2n) is 2.04. The number of hydrogen-bond acceptors (Lipinski definition) is 2. The molecule has 0 aliphatic carbocycles. The van der Waals surface area contributed by atoms with E-state index in [2.05, 4.69) is 15.8 Å². The van der Waals surface area contributed by atoms with Crippen LogP contribution in [0.25, 0.3) is 0 Å². The third-order valence-electron chi connectivity index (χ3n) is 1.15. The summed E-state index contributed by atoms with van der Waals surface area (Å²) < 4.78 is 40.6. The monoisotopic (exact) mass is 190 g/mol. The summed E-state index contributed by atoms with van der Waals surface area (Å²) in [7, 11) is 0. The predicted octanol–water partition coefficient (Wildman–Crippen LogP) is 1.37. The van der Waals surface area contributed by atoms with Gasteiger partial charge in [0.05, 0.1) is 6.20 Å². The van der Waals surface area contributed by atoms with Gasteiger partial charge in [0.25, 0.3) is 0 Å². The van der Waals surface area contributed by atoms with Crippen molar-refractivity contribution in [2.45, 2.75) is 6.30 Å². The van der Waals surface area contributed by atoms with E-state index in [0.717, 1.165) is 12.3 Å². The van der Waals surface area contributed by atoms with Gasteiger partial charge in [0.15, 0.2) is 6.61 Å². The van der Waals surface area contributed by atoms with Crippen molar-refractivity contribution < 1.29 is 17.9 Å². The van der Waals surface area contributed by atoms with Gasteiger partial charge in [-0.1, -0.05) is 5.92 Å². The molecule has 0 bridgehead atoms. The first-order valence-electron chi connectivity index (χ1n) is 3.23. The molecule has 13 heavy (non-hydrogen) atoms. The largest absolute Gasteiger partial charge is 0.507 e. The third-order valence-corrected chi connectivity index (χ3v) is 1.15. The maximum absolute atomic E-state index is 12.1. The maximum atomic E-state index is 12.1. The molecule has 0 aliphatic heterocycles. The number of hydrogen-bond donors (Lipinski definition) is 0. The molecule has 1 heterocycles. The van der Waals surface area contributed by atoms with E-state index in [0.29, 0.717) is 0 Å². The fourth-order valence-electron chi connectivity index (χ4n) is 0.707. The Morgan fingerprint density at radius 1 is 1.62 bits per heavy atom. The van der Waals surface area contributed by atoms with Crippen molar-refractivity contribution in [1.82, 2.24) is 9.78 Å². The molecule has 0 saturated carbocycles. The second kappa shape index (κ2) is 3.39. The van der Waals surface area contributed by atoms with Crippen LogP contribution >= 0.6 is 0 Å². The SMILES string of the molecule is C#CCOc1ccnn1C(F)(F)F. The lowest BCUT2D eigenvalue weighted by molar-refractivity contribution is -0.215. The van der Waals surface area contributed by atoms with Crippen molar-refractivity contribution in [3.05, 3.63) is 12.3 Å². The number of nitrogens with zero attached hydrogens (tertiary/aromatic N) is 2. The average Bonchev–Trinajstić information content (AvgIpc) is 2.47. The molecule has 0 atom stereocenters. The van der Waals surface area contributed by atoms with Crippen LogP contribution in [0, 0.1) is 12.3 Å². The molecule has 0 aliphatic rings. The highest BCUT2D eigenvalue weighted by Crippen LogP contribution is 2.26. The van der Waals surface area contributed by atoms with E-state index in [1.165, 1.54) is 0 Å². The predicted molar refractivity (Wildman–Crippen MR) is 37.9 cm³/mol. The van der Waals surface area contributed by atoms with Crippen molar-refractivity contribution in [3.63, 3.8) is 0 Å². The maximum Gasteiger partial charge on any atom is 0.507 e. The quantitative estimate of drug-likeness (QED) is 0.658. The van der Waals surface area contributed by atoms with Crippen molar-refractivity contribution in [3.8, 4) is 18.2 Å². The van der Waals surface area contributed by atoms with Gasteiger partial charge in [-0.15, -0.1) is 24.3 Å². The topological polar surface area (TPSA) is 27.1 Å². The van der Waals surface area contributed by atoms with Crippen LogP contribution in [0.4, 0.5) is 13.2 Å². The molecule has 3 nitrogen and oxygen atoms in total. The summed E-state index contributed by atoms with van der Waals surface area (Å²) in [6.45, 7) is -0.220. The van der Waals surface area contributed by atoms with Gasteiger partial charge in [0.2, 0.25) is 5.88 Å². The third kappa shape index (κ3) is 2.15. The van der Waals surface area contributed by atoms with Crippen LogP contribution in [0.2, 0.25) is 0 Å². The Morgan fingerprint density at radius 3 is 2.85 bits per heavy atom. The fraction of sp³-hybridized carbons (Fsp3) is 0.286. The lowest BCUT2D eigenvalue weighted by Crippen LogP contribution is -2.19. The molecule has 0 amide bonds. The molecule has 1 aromatic rings. The zero-order chi connectivity index (χ0) is 9.90. The first kappa shape index (κ1) is 9.45. The Balaban J connectivity index is 2.85. The summed E-state index contributed by atoms with van der Waals surface area (Å²) in [4.78, 5) is 0. The molecule has 0 fully saturated rings. The number of ether oxygens (including phenoxy) is 1. The Hall–Kier alpha value is -1.64. The van der Waals surface area contributed by atoms with E-state index in [1.807, 2.05) is 0 Å². The first-order valence-corrected chi connectivity index (χ1v) is 3.23. The Bertz CT molecular complexity index is 323. The standard InChI is InChI=1S/C7H5F3N2O/c1-2-5-13-6-3-4-11-12(6)7(8,9)10/h1,3-4H,5H2. The molecule has 0 saturated heterocycles. The summed E-state index contributed by atoms with van der Waals surface area (Å²) in [5, 5.41) is 3.04. The van der Waals surface area contributed by atoms with Crippen molar-refractivity contribution in [2.75, 3.05) is 6.61 Å². The van der Waals surface area contributed by atoms with Crippen molar-refractivity contribution >= 4 is 0 Å². The van der Waals surface area contributed by atoms with Crippen LogP contribution in [-0.2, 0) is 6.30 Å². The van der Waals surface area contributed by atoms with Crippen LogP contribution in [0.3, 0.4) is 0 Å². The first-order chi connectivity index (χ1) is 6.05. The lowest BCUT2D eigenvalue weighted by Gasteiger charge is -2.09. The highest BCUT2D eigenvalue weighted by Gasteiger charge is 2.34. The summed E-state index contributed by atoms with van der Waals surface area (Å²) in [5.41, 5.74) is 0. The van der Waals surface area contributed by atoms with E-state index in [9.17, 15) is 13.2 Å². The Kier molecular flexibility index (Phi) is 2.46.